The molecule has 210 valence electrons. The lowest BCUT2D eigenvalue weighted by atomic mass is 9.94. The van der Waals surface area contributed by atoms with Crippen molar-refractivity contribution in [3.05, 3.63) is 71.9 Å². The summed E-state index contributed by atoms with van der Waals surface area (Å²) in [4.78, 5) is 42.6. The summed E-state index contributed by atoms with van der Waals surface area (Å²) in [6.45, 7) is 7.78. The Morgan fingerprint density at radius 2 is 1.67 bits per heavy atom. The van der Waals surface area contributed by atoms with Crippen LogP contribution in [0.5, 0.6) is 5.75 Å². The monoisotopic (exact) mass is 534 g/mol. The van der Waals surface area contributed by atoms with Gasteiger partial charge in [-0.25, -0.2) is 0 Å². The maximum Gasteiger partial charge on any atom is 0.247 e. The average Bonchev–Trinajstić information content (AvgIpc) is 2.92. The molecular formula is C31H42N4O4. The molecule has 2 aromatic carbocycles. The molecule has 2 heterocycles. The minimum atomic E-state index is -1.03. The van der Waals surface area contributed by atoms with Crippen LogP contribution in [0.2, 0.25) is 0 Å². The van der Waals surface area contributed by atoms with E-state index >= 15 is 0 Å². The second kappa shape index (κ2) is 13.9. The Bertz CT molecular complexity index is 1130. The van der Waals surface area contributed by atoms with Crippen LogP contribution in [-0.2, 0) is 20.8 Å². The van der Waals surface area contributed by atoms with Gasteiger partial charge in [0.1, 0.15) is 23.9 Å². The van der Waals surface area contributed by atoms with Gasteiger partial charge in [0, 0.05) is 6.20 Å². The minimum absolute atomic E-state index is 0.128. The third kappa shape index (κ3) is 8.17. The minimum Gasteiger partial charge on any atom is -0.487 e. The number of nitrogens with zero attached hydrogens (tertiary/aromatic N) is 1. The van der Waals surface area contributed by atoms with E-state index in [1.807, 2.05) is 101 Å². The van der Waals surface area contributed by atoms with Crippen molar-refractivity contribution >= 4 is 23.8 Å². The summed E-state index contributed by atoms with van der Waals surface area (Å²) in [6, 6.07) is 14.8. The average molecular weight is 535 g/mol. The van der Waals surface area contributed by atoms with Crippen LogP contribution in [0, 0.1) is 11.8 Å². The Labute approximate surface area is 232 Å². The van der Waals surface area contributed by atoms with Crippen LogP contribution >= 0.6 is 0 Å². The number of hydrogen-bond donors (Lipinski definition) is 3. The molecule has 0 saturated carbocycles. The fourth-order valence-electron chi connectivity index (χ4n) is 4.55. The molecule has 2 aromatic rings. The van der Waals surface area contributed by atoms with E-state index in [9.17, 15) is 14.4 Å². The van der Waals surface area contributed by atoms with E-state index in [1.54, 1.807) is 12.3 Å². The standard InChI is InChI=1S/C31H42N4O4/c1-7-21(4)26-30(37)32-18-17-22-13-15-24(16-14-22)39-28(20(2)3)27(31(38)33-26)34-29(36)25(35(5)6)19-23-11-9-8-10-12-23/h8-18,20-21,25-28H,7,19H2,1-6H3,(H,32,37)(H,33,38)(H,34,36)/b18-17-/t21-,25+,26+,27+,28-/m1/s1. The summed E-state index contributed by atoms with van der Waals surface area (Å²) < 4.78 is 6.35. The number of carbonyl (C=O) groups is 3. The smallest absolute Gasteiger partial charge is 0.247 e. The number of benzene rings is 2. The van der Waals surface area contributed by atoms with Gasteiger partial charge in [-0.05, 0) is 61.7 Å². The highest BCUT2D eigenvalue weighted by molar-refractivity contribution is 5.94. The quantitative estimate of drug-likeness (QED) is 0.482. The summed E-state index contributed by atoms with van der Waals surface area (Å²) in [6.07, 6.45) is 3.85. The van der Waals surface area contributed by atoms with Gasteiger partial charge in [0.05, 0.1) is 6.04 Å². The van der Waals surface area contributed by atoms with Crippen molar-refractivity contribution in [3.63, 3.8) is 0 Å². The molecule has 0 fully saturated rings. The lowest BCUT2D eigenvalue weighted by Crippen LogP contribution is -2.62. The van der Waals surface area contributed by atoms with Gasteiger partial charge in [0.25, 0.3) is 0 Å². The maximum atomic E-state index is 13.9. The zero-order valence-corrected chi connectivity index (χ0v) is 23.8. The van der Waals surface area contributed by atoms with Crippen LogP contribution in [-0.4, -0.2) is 60.9 Å². The first-order valence-corrected chi connectivity index (χ1v) is 13.7. The van der Waals surface area contributed by atoms with Gasteiger partial charge in [0.15, 0.2) is 0 Å². The molecule has 39 heavy (non-hydrogen) atoms. The molecule has 2 aliphatic rings. The molecule has 5 atom stereocenters. The van der Waals surface area contributed by atoms with Crippen LogP contribution in [0.15, 0.2) is 60.8 Å². The highest BCUT2D eigenvalue weighted by atomic mass is 16.5. The fraction of sp³-hybridized carbons (Fsp3) is 0.452. The largest absolute Gasteiger partial charge is 0.487 e. The third-order valence-electron chi connectivity index (χ3n) is 7.21. The van der Waals surface area contributed by atoms with E-state index in [0.717, 1.165) is 11.1 Å². The van der Waals surface area contributed by atoms with E-state index in [4.69, 9.17) is 4.74 Å². The number of ether oxygens (including phenoxy) is 1. The first kappa shape index (κ1) is 29.9. The summed E-state index contributed by atoms with van der Waals surface area (Å²) in [5, 5.41) is 8.73. The lowest BCUT2D eigenvalue weighted by molar-refractivity contribution is -0.136. The number of likely N-dealkylation sites (N-methyl/N-ethyl adjacent to an activating group) is 1. The van der Waals surface area contributed by atoms with Crippen LogP contribution in [0.25, 0.3) is 6.08 Å². The zero-order chi connectivity index (χ0) is 28.5. The van der Waals surface area contributed by atoms with Crippen molar-refractivity contribution in [3.8, 4) is 5.75 Å². The molecule has 4 rings (SSSR count). The highest BCUT2D eigenvalue weighted by Crippen LogP contribution is 2.21. The van der Waals surface area contributed by atoms with Crippen molar-refractivity contribution in [1.29, 1.82) is 0 Å². The van der Waals surface area contributed by atoms with Gasteiger partial charge in [-0.1, -0.05) is 76.6 Å². The van der Waals surface area contributed by atoms with Crippen molar-refractivity contribution in [2.24, 2.45) is 11.8 Å². The molecule has 8 heteroatoms. The predicted molar refractivity (Wildman–Crippen MR) is 154 cm³/mol. The molecule has 0 aromatic heterocycles. The highest BCUT2D eigenvalue weighted by Gasteiger charge is 2.38. The Morgan fingerprint density at radius 1 is 1.00 bits per heavy atom. The van der Waals surface area contributed by atoms with Gasteiger partial charge in [0.2, 0.25) is 17.7 Å². The molecule has 0 aliphatic carbocycles. The van der Waals surface area contributed by atoms with Gasteiger partial charge in [-0.2, -0.15) is 0 Å². The second-order valence-corrected chi connectivity index (χ2v) is 10.8. The molecule has 0 radical (unpaired) electrons. The molecule has 2 aliphatic heterocycles. The third-order valence-corrected chi connectivity index (χ3v) is 7.21. The topological polar surface area (TPSA) is 99.8 Å². The SMILES string of the molecule is CC[C@@H](C)[C@@H]1NC(=O)[C@@H](NC(=O)[C@H](Cc2ccccc2)N(C)C)[C@@H](C(C)C)Oc2ccc(cc2)/C=C\NC1=O. The molecule has 2 bridgehead atoms. The maximum absolute atomic E-state index is 13.9. The predicted octanol–water partition coefficient (Wildman–Crippen LogP) is 3.38. The van der Waals surface area contributed by atoms with Crippen LogP contribution in [0.4, 0.5) is 0 Å². The van der Waals surface area contributed by atoms with Crippen molar-refractivity contribution in [2.45, 2.75) is 64.8 Å². The van der Waals surface area contributed by atoms with Crippen molar-refractivity contribution in [2.75, 3.05) is 14.1 Å². The Balaban J connectivity index is 1.99. The first-order chi connectivity index (χ1) is 18.6. The molecule has 0 saturated heterocycles. The molecule has 8 nitrogen and oxygen atoms in total. The summed E-state index contributed by atoms with van der Waals surface area (Å²) >= 11 is 0. The summed E-state index contributed by atoms with van der Waals surface area (Å²) in [5.74, 6) is -0.734. The summed E-state index contributed by atoms with van der Waals surface area (Å²) in [5.41, 5.74) is 1.91. The number of amides is 3. The van der Waals surface area contributed by atoms with Gasteiger partial charge in [-0.3, -0.25) is 19.3 Å². The normalized spacial score (nSPS) is 22.3. The number of carbonyl (C=O) groups excluding carboxylic acids is 3. The fourth-order valence-corrected chi connectivity index (χ4v) is 4.55. The van der Waals surface area contributed by atoms with Crippen LogP contribution in [0.1, 0.15) is 45.2 Å². The zero-order valence-electron chi connectivity index (χ0n) is 23.8. The number of fused-ring (bicyclic) bond motifs is 10. The molecule has 0 unspecified atom stereocenters. The van der Waals surface area contributed by atoms with E-state index in [2.05, 4.69) is 16.0 Å². The number of nitrogens with one attached hydrogen (secondary N) is 3. The van der Waals surface area contributed by atoms with Gasteiger partial charge >= 0.3 is 0 Å². The molecule has 0 spiro atoms. The number of hydrogen-bond acceptors (Lipinski definition) is 5. The first-order valence-electron chi connectivity index (χ1n) is 13.7. The van der Waals surface area contributed by atoms with E-state index in [-0.39, 0.29) is 23.7 Å². The Morgan fingerprint density at radius 3 is 2.26 bits per heavy atom. The van der Waals surface area contributed by atoms with Crippen molar-refractivity contribution < 1.29 is 19.1 Å². The van der Waals surface area contributed by atoms with E-state index in [0.29, 0.717) is 18.6 Å². The summed E-state index contributed by atoms with van der Waals surface area (Å²) in [7, 11) is 3.69. The molecular weight excluding hydrogens is 492 g/mol. The van der Waals surface area contributed by atoms with Gasteiger partial charge < -0.3 is 20.7 Å². The van der Waals surface area contributed by atoms with Crippen molar-refractivity contribution in [1.82, 2.24) is 20.9 Å². The molecule has 3 amide bonds. The van der Waals surface area contributed by atoms with Gasteiger partial charge in [-0.15, -0.1) is 0 Å². The van der Waals surface area contributed by atoms with Crippen LogP contribution in [0.3, 0.4) is 0 Å². The second-order valence-electron chi connectivity index (χ2n) is 10.8. The number of rotatable bonds is 8. The van der Waals surface area contributed by atoms with E-state index < -0.39 is 30.1 Å². The van der Waals surface area contributed by atoms with Crippen LogP contribution < -0.4 is 20.7 Å². The molecule has 3 N–H and O–H groups in total. The lowest BCUT2D eigenvalue weighted by Gasteiger charge is -2.34. The van der Waals surface area contributed by atoms with E-state index in [1.165, 1.54) is 0 Å². The Kier molecular flexibility index (Phi) is 10.7. The Hall–Kier alpha value is -3.65.